The number of Topliss-reactive ketones (excluding diaryl/α,β-unsaturated/α-hetero) is 1. The molecular formula is C12H16IN2O-. The second-order valence-electron chi connectivity index (χ2n) is 4.00. The van der Waals surface area contributed by atoms with Gasteiger partial charge in [-0.15, -0.1) is 0 Å². The Hall–Kier alpha value is -0.650. The third-order valence-corrected chi connectivity index (χ3v) is 5.98. The van der Waals surface area contributed by atoms with Crippen LogP contribution in [0.1, 0.15) is 35.8 Å². The van der Waals surface area contributed by atoms with Crippen LogP contribution >= 0.6 is 0 Å². The zero-order valence-electron chi connectivity index (χ0n) is 9.59. The fraction of sp³-hybridized carbons (Fsp3) is 0.500. The van der Waals surface area contributed by atoms with E-state index >= 15 is 0 Å². The summed E-state index contributed by atoms with van der Waals surface area (Å²) in [7, 11) is 0. The van der Waals surface area contributed by atoms with E-state index in [0.717, 1.165) is 17.1 Å². The number of aryl methyl sites for hydroxylation is 1. The van der Waals surface area contributed by atoms with Gasteiger partial charge in [0.2, 0.25) is 0 Å². The fourth-order valence-corrected chi connectivity index (χ4v) is 4.78. The molecule has 0 amide bonds. The van der Waals surface area contributed by atoms with E-state index in [4.69, 9.17) is 0 Å². The number of carbonyl (C=O) groups is 1. The van der Waals surface area contributed by atoms with Crippen molar-refractivity contribution >= 4 is 11.6 Å². The van der Waals surface area contributed by atoms with Crippen molar-refractivity contribution < 1.29 is 26.0 Å². The first-order valence-corrected chi connectivity index (χ1v) is 8.27. The molecule has 1 aliphatic rings. The summed E-state index contributed by atoms with van der Waals surface area (Å²) in [5.74, 6) is 0.880. The zero-order valence-corrected chi connectivity index (χ0v) is 11.7. The fourth-order valence-electron chi connectivity index (χ4n) is 1.75. The number of halogens is 1. The molecule has 0 spiro atoms. The molecule has 0 radical (unpaired) electrons. The number of nitrogens with one attached hydrogen (secondary N) is 1. The summed E-state index contributed by atoms with van der Waals surface area (Å²) in [4.78, 5) is 15.9. The van der Waals surface area contributed by atoms with Crippen molar-refractivity contribution in [1.82, 2.24) is 4.98 Å². The third-order valence-electron chi connectivity index (χ3n) is 2.59. The van der Waals surface area contributed by atoms with Crippen molar-refractivity contribution in [3.63, 3.8) is 0 Å². The molecular weight excluding hydrogens is 315 g/mol. The minimum absolute atomic E-state index is 0.0891. The Balaban J connectivity index is 2.22. The van der Waals surface area contributed by atoms with Crippen molar-refractivity contribution in [1.29, 1.82) is 0 Å². The van der Waals surface area contributed by atoms with Crippen LogP contribution in [0, 0.1) is 6.92 Å². The molecule has 0 aliphatic carbocycles. The van der Waals surface area contributed by atoms with Gasteiger partial charge in [-0.1, -0.05) is 0 Å². The van der Waals surface area contributed by atoms with E-state index < -0.39 is 0 Å². The summed E-state index contributed by atoms with van der Waals surface area (Å²) in [6, 6.07) is 3.77. The van der Waals surface area contributed by atoms with Crippen LogP contribution < -0.4 is 26.5 Å². The Kier molecular flexibility index (Phi) is 3.78. The van der Waals surface area contributed by atoms with E-state index in [-0.39, 0.29) is 27.0 Å². The second-order valence-corrected chi connectivity index (χ2v) is 7.47. The number of ketones is 1. The first kappa shape index (κ1) is 11.8. The van der Waals surface area contributed by atoms with Crippen molar-refractivity contribution in [2.24, 2.45) is 0 Å². The van der Waals surface area contributed by atoms with E-state index in [1.807, 2.05) is 19.1 Å². The average molecular weight is 331 g/mol. The van der Waals surface area contributed by atoms with Gasteiger partial charge < -0.3 is 0 Å². The number of carbonyl (C=O) groups excluding carboxylic acids is 1. The number of alkyl halides is 2. The van der Waals surface area contributed by atoms with Crippen LogP contribution in [0.15, 0.2) is 12.1 Å². The quantitative estimate of drug-likeness (QED) is 0.342. The normalized spacial score (nSPS) is 20.2. The molecule has 1 N–H and O–H groups in total. The van der Waals surface area contributed by atoms with E-state index in [9.17, 15) is 4.79 Å². The summed E-state index contributed by atoms with van der Waals surface area (Å²) in [6.07, 6.45) is 2.56. The Labute approximate surface area is 106 Å². The Morgan fingerprint density at radius 3 is 3.00 bits per heavy atom. The van der Waals surface area contributed by atoms with Gasteiger partial charge in [0, 0.05) is 0 Å². The van der Waals surface area contributed by atoms with Crippen molar-refractivity contribution in [2.45, 2.75) is 30.7 Å². The van der Waals surface area contributed by atoms with E-state index in [1.54, 1.807) is 6.92 Å². The average Bonchev–Trinajstić information content (AvgIpc) is 2.70. The van der Waals surface area contributed by atoms with Gasteiger partial charge in [-0.2, -0.15) is 0 Å². The molecule has 16 heavy (non-hydrogen) atoms. The van der Waals surface area contributed by atoms with Crippen LogP contribution in [0.4, 0.5) is 5.82 Å². The summed E-state index contributed by atoms with van der Waals surface area (Å²) in [5, 5.41) is 3.45. The summed E-state index contributed by atoms with van der Waals surface area (Å²) in [6.45, 7) is 3.56. The van der Waals surface area contributed by atoms with Crippen LogP contribution in [0.25, 0.3) is 0 Å². The first-order chi connectivity index (χ1) is 7.66. The molecule has 1 fully saturated rings. The van der Waals surface area contributed by atoms with Gasteiger partial charge in [-0.05, 0) is 0 Å². The molecule has 1 aromatic rings. The SMILES string of the molecule is CC(=O)c1ccc(C)nc1N[C@@H]1CCC[I-]1. The topological polar surface area (TPSA) is 42.0 Å². The molecule has 1 aliphatic heterocycles. The maximum absolute atomic E-state index is 11.5. The second kappa shape index (κ2) is 5.12. The van der Waals surface area contributed by atoms with Gasteiger partial charge in [-0.3, -0.25) is 0 Å². The molecule has 2 rings (SSSR count). The van der Waals surface area contributed by atoms with Crippen LogP contribution in [0.3, 0.4) is 0 Å². The molecule has 1 saturated heterocycles. The van der Waals surface area contributed by atoms with Gasteiger partial charge in [-0.25, -0.2) is 0 Å². The number of hydrogen-bond acceptors (Lipinski definition) is 3. The molecule has 0 bridgehead atoms. The monoisotopic (exact) mass is 331 g/mol. The predicted molar refractivity (Wildman–Crippen MR) is 60.5 cm³/mol. The minimum atomic E-state index is 0.0891. The Morgan fingerprint density at radius 2 is 2.38 bits per heavy atom. The Bertz CT molecular complexity index is 400. The van der Waals surface area contributed by atoms with Crippen LogP contribution in [0.5, 0.6) is 0 Å². The van der Waals surface area contributed by atoms with Gasteiger partial charge in [0.05, 0.1) is 0 Å². The number of aromatic nitrogens is 1. The predicted octanol–water partition coefficient (Wildman–Crippen LogP) is -0.787. The molecule has 1 atom stereocenters. The van der Waals surface area contributed by atoms with Crippen molar-refractivity contribution in [3.05, 3.63) is 23.4 Å². The molecule has 0 unspecified atom stereocenters. The molecule has 0 aromatic carbocycles. The maximum atomic E-state index is 11.5. The summed E-state index contributed by atoms with van der Waals surface area (Å²) >= 11 is 0.246. The van der Waals surface area contributed by atoms with Gasteiger partial charge in [0.25, 0.3) is 0 Å². The number of nitrogens with zero attached hydrogens (tertiary/aromatic N) is 1. The Morgan fingerprint density at radius 1 is 1.56 bits per heavy atom. The summed E-state index contributed by atoms with van der Waals surface area (Å²) < 4.78 is 1.99. The van der Waals surface area contributed by atoms with Gasteiger partial charge in [0.1, 0.15) is 0 Å². The van der Waals surface area contributed by atoms with Crippen LogP contribution in [-0.4, -0.2) is 19.2 Å². The molecule has 3 nitrogen and oxygen atoms in total. The van der Waals surface area contributed by atoms with Crippen molar-refractivity contribution in [2.75, 3.05) is 9.74 Å². The van der Waals surface area contributed by atoms with Crippen LogP contribution in [0.2, 0.25) is 0 Å². The van der Waals surface area contributed by atoms with Crippen LogP contribution in [-0.2, 0) is 0 Å². The van der Waals surface area contributed by atoms with Gasteiger partial charge >= 0.3 is 106 Å². The van der Waals surface area contributed by atoms with E-state index in [1.165, 1.54) is 17.3 Å². The number of anilines is 1. The zero-order chi connectivity index (χ0) is 11.5. The molecule has 4 heteroatoms. The van der Waals surface area contributed by atoms with Crippen molar-refractivity contribution in [3.8, 4) is 0 Å². The number of hydrogen-bond donors (Lipinski definition) is 1. The third kappa shape index (κ3) is 2.72. The molecule has 0 saturated carbocycles. The van der Waals surface area contributed by atoms with E-state index in [2.05, 4.69) is 10.3 Å². The number of pyridine rings is 1. The summed E-state index contributed by atoms with van der Waals surface area (Å²) in [5.41, 5.74) is 1.69. The molecule has 1 aromatic heterocycles. The van der Waals surface area contributed by atoms with Gasteiger partial charge in [0.15, 0.2) is 0 Å². The standard InChI is InChI=1S/C12H16IN2O/c1-8-5-6-10(9(2)16)12(14-8)15-11-4-3-7-13-11/h5-6,11H,3-4,7H2,1-2H3,(H,14,15)/q-1/t11-/m1/s1. The van der Waals surface area contributed by atoms with E-state index in [0.29, 0.717) is 4.05 Å². The number of rotatable bonds is 3. The molecule has 2 heterocycles. The first-order valence-electron chi connectivity index (χ1n) is 5.49. The molecule has 88 valence electrons.